The van der Waals surface area contributed by atoms with Crippen LogP contribution in [0.4, 0.5) is 0 Å². The SMILES string of the molecule is COCCNCC(=O)N[C@@H](C)c1ccccc1OC. The molecule has 0 saturated carbocycles. The molecule has 0 aliphatic heterocycles. The van der Waals surface area contributed by atoms with Crippen molar-refractivity contribution in [1.29, 1.82) is 0 Å². The zero-order valence-electron chi connectivity index (χ0n) is 11.7. The summed E-state index contributed by atoms with van der Waals surface area (Å²) >= 11 is 0. The van der Waals surface area contributed by atoms with E-state index in [1.165, 1.54) is 0 Å². The number of carbonyl (C=O) groups is 1. The van der Waals surface area contributed by atoms with Crippen molar-refractivity contribution in [1.82, 2.24) is 10.6 Å². The molecule has 1 amide bonds. The van der Waals surface area contributed by atoms with Gasteiger partial charge < -0.3 is 20.1 Å². The van der Waals surface area contributed by atoms with Crippen molar-refractivity contribution in [3.63, 3.8) is 0 Å². The number of hydrogen-bond donors (Lipinski definition) is 2. The lowest BCUT2D eigenvalue weighted by atomic mass is 10.1. The monoisotopic (exact) mass is 266 g/mol. The summed E-state index contributed by atoms with van der Waals surface area (Å²) in [6, 6.07) is 7.57. The minimum absolute atomic E-state index is 0.0468. The molecule has 0 heterocycles. The number of rotatable bonds is 8. The lowest BCUT2D eigenvalue weighted by molar-refractivity contribution is -0.120. The Morgan fingerprint density at radius 3 is 2.74 bits per heavy atom. The summed E-state index contributed by atoms with van der Waals surface area (Å²) in [7, 11) is 3.26. The van der Waals surface area contributed by atoms with Crippen molar-refractivity contribution in [2.45, 2.75) is 13.0 Å². The molecule has 0 radical (unpaired) electrons. The van der Waals surface area contributed by atoms with E-state index < -0.39 is 0 Å². The number of benzene rings is 1. The second-order valence-electron chi connectivity index (χ2n) is 4.20. The van der Waals surface area contributed by atoms with Crippen molar-refractivity contribution in [2.75, 3.05) is 33.9 Å². The summed E-state index contributed by atoms with van der Waals surface area (Å²) in [6.45, 7) is 3.47. The number of carbonyl (C=O) groups excluding carboxylic acids is 1. The summed E-state index contributed by atoms with van der Waals surface area (Å²) < 4.78 is 10.2. The molecule has 1 aromatic carbocycles. The Balaban J connectivity index is 2.45. The van der Waals surface area contributed by atoms with E-state index in [9.17, 15) is 4.79 Å². The fraction of sp³-hybridized carbons (Fsp3) is 0.500. The number of nitrogens with one attached hydrogen (secondary N) is 2. The maximum Gasteiger partial charge on any atom is 0.234 e. The molecule has 106 valence electrons. The average molecular weight is 266 g/mol. The van der Waals surface area contributed by atoms with Crippen molar-refractivity contribution in [2.24, 2.45) is 0 Å². The summed E-state index contributed by atoms with van der Waals surface area (Å²) in [6.07, 6.45) is 0. The third-order valence-electron chi connectivity index (χ3n) is 2.75. The maximum absolute atomic E-state index is 11.7. The van der Waals surface area contributed by atoms with Gasteiger partial charge in [0.2, 0.25) is 5.91 Å². The lowest BCUT2D eigenvalue weighted by Gasteiger charge is -2.17. The number of ether oxygens (including phenoxy) is 2. The Bertz CT molecular complexity index is 396. The number of para-hydroxylation sites is 1. The number of amides is 1. The van der Waals surface area contributed by atoms with Crippen molar-refractivity contribution >= 4 is 5.91 Å². The van der Waals surface area contributed by atoms with Gasteiger partial charge in [-0.2, -0.15) is 0 Å². The van der Waals surface area contributed by atoms with E-state index >= 15 is 0 Å². The van der Waals surface area contributed by atoms with Crippen LogP contribution < -0.4 is 15.4 Å². The van der Waals surface area contributed by atoms with Gasteiger partial charge in [0.1, 0.15) is 5.75 Å². The Kier molecular flexibility index (Phi) is 6.92. The normalized spacial score (nSPS) is 11.9. The first-order chi connectivity index (χ1) is 9.19. The molecule has 2 N–H and O–H groups in total. The highest BCUT2D eigenvalue weighted by Gasteiger charge is 2.12. The lowest BCUT2D eigenvalue weighted by Crippen LogP contribution is -2.36. The predicted octanol–water partition coefficient (Wildman–Crippen LogP) is 1.11. The standard InChI is InChI=1S/C14H22N2O3/c1-11(12-6-4-5-7-13(12)19-3)16-14(17)10-15-8-9-18-2/h4-7,11,15H,8-10H2,1-3H3,(H,16,17)/t11-/m0/s1. The largest absolute Gasteiger partial charge is 0.496 e. The van der Waals surface area contributed by atoms with E-state index in [0.29, 0.717) is 13.2 Å². The Morgan fingerprint density at radius 1 is 1.32 bits per heavy atom. The van der Waals surface area contributed by atoms with Gasteiger partial charge in [-0.05, 0) is 13.0 Å². The van der Waals surface area contributed by atoms with Gasteiger partial charge in [0, 0.05) is 19.2 Å². The van der Waals surface area contributed by atoms with Crippen LogP contribution in [0.2, 0.25) is 0 Å². The molecule has 5 nitrogen and oxygen atoms in total. The average Bonchev–Trinajstić information content (AvgIpc) is 2.43. The van der Waals surface area contributed by atoms with E-state index in [1.807, 2.05) is 31.2 Å². The van der Waals surface area contributed by atoms with E-state index in [0.717, 1.165) is 11.3 Å². The van der Waals surface area contributed by atoms with E-state index in [4.69, 9.17) is 9.47 Å². The second kappa shape index (κ2) is 8.50. The van der Waals surface area contributed by atoms with Gasteiger partial charge >= 0.3 is 0 Å². The quantitative estimate of drug-likeness (QED) is 0.692. The van der Waals surface area contributed by atoms with Gasteiger partial charge in [-0.1, -0.05) is 18.2 Å². The zero-order valence-corrected chi connectivity index (χ0v) is 11.7. The summed E-state index contributed by atoms with van der Waals surface area (Å²) in [5.41, 5.74) is 0.968. The van der Waals surface area contributed by atoms with Crippen molar-refractivity contribution in [3.8, 4) is 5.75 Å². The number of hydrogen-bond acceptors (Lipinski definition) is 4. The molecule has 0 saturated heterocycles. The van der Waals surface area contributed by atoms with Gasteiger partial charge in [0.25, 0.3) is 0 Å². The van der Waals surface area contributed by atoms with Crippen LogP contribution in [0.25, 0.3) is 0 Å². The van der Waals surface area contributed by atoms with E-state index in [2.05, 4.69) is 10.6 Å². The van der Waals surface area contributed by atoms with Crippen LogP contribution in [-0.2, 0) is 9.53 Å². The maximum atomic E-state index is 11.7. The molecule has 0 bridgehead atoms. The highest BCUT2D eigenvalue weighted by Crippen LogP contribution is 2.23. The molecule has 1 rings (SSSR count). The molecular formula is C14H22N2O3. The molecule has 0 spiro atoms. The second-order valence-corrected chi connectivity index (χ2v) is 4.20. The first-order valence-electron chi connectivity index (χ1n) is 6.31. The zero-order chi connectivity index (χ0) is 14.1. The van der Waals surface area contributed by atoms with Crippen LogP contribution in [-0.4, -0.2) is 39.8 Å². The van der Waals surface area contributed by atoms with E-state index in [-0.39, 0.29) is 18.5 Å². The van der Waals surface area contributed by atoms with Gasteiger partial charge in [0.05, 0.1) is 26.3 Å². The van der Waals surface area contributed by atoms with Crippen LogP contribution in [0.5, 0.6) is 5.75 Å². The summed E-state index contributed by atoms with van der Waals surface area (Å²) in [4.78, 5) is 11.7. The summed E-state index contributed by atoms with van der Waals surface area (Å²) in [5.74, 6) is 0.733. The van der Waals surface area contributed by atoms with Crippen LogP contribution in [0.1, 0.15) is 18.5 Å². The first kappa shape index (κ1) is 15.5. The van der Waals surface area contributed by atoms with Gasteiger partial charge in [0.15, 0.2) is 0 Å². The molecule has 0 unspecified atom stereocenters. The molecular weight excluding hydrogens is 244 g/mol. The molecule has 5 heteroatoms. The molecule has 0 aliphatic carbocycles. The molecule has 0 aromatic heterocycles. The Labute approximate surface area is 114 Å². The Hall–Kier alpha value is -1.59. The topological polar surface area (TPSA) is 59.6 Å². The smallest absolute Gasteiger partial charge is 0.234 e. The molecule has 19 heavy (non-hydrogen) atoms. The molecule has 0 aliphatic rings. The molecule has 1 aromatic rings. The molecule has 1 atom stereocenters. The van der Waals surface area contributed by atoms with Crippen LogP contribution >= 0.6 is 0 Å². The van der Waals surface area contributed by atoms with Crippen LogP contribution in [0.15, 0.2) is 24.3 Å². The van der Waals surface area contributed by atoms with Crippen molar-refractivity contribution < 1.29 is 14.3 Å². The van der Waals surface area contributed by atoms with Gasteiger partial charge in [-0.15, -0.1) is 0 Å². The third kappa shape index (κ3) is 5.28. The first-order valence-corrected chi connectivity index (χ1v) is 6.31. The van der Waals surface area contributed by atoms with Gasteiger partial charge in [-0.3, -0.25) is 4.79 Å². The molecule has 0 fully saturated rings. The summed E-state index contributed by atoms with van der Waals surface area (Å²) in [5, 5.41) is 5.93. The van der Waals surface area contributed by atoms with Gasteiger partial charge in [-0.25, -0.2) is 0 Å². The minimum Gasteiger partial charge on any atom is -0.496 e. The fourth-order valence-electron chi connectivity index (χ4n) is 1.77. The fourth-order valence-corrected chi connectivity index (χ4v) is 1.77. The third-order valence-corrected chi connectivity index (χ3v) is 2.75. The van der Waals surface area contributed by atoms with Crippen LogP contribution in [0.3, 0.4) is 0 Å². The number of methoxy groups -OCH3 is 2. The minimum atomic E-state index is -0.0899. The highest BCUT2D eigenvalue weighted by atomic mass is 16.5. The van der Waals surface area contributed by atoms with Crippen molar-refractivity contribution in [3.05, 3.63) is 29.8 Å². The highest BCUT2D eigenvalue weighted by molar-refractivity contribution is 5.78. The predicted molar refractivity (Wildman–Crippen MR) is 74.3 cm³/mol. The Morgan fingerprint density at radius 2 is 2.05 bits per heavy atom. The van der Waals surface area contributed by atoms with Crippen LogP contribution in [0, 0.1) is 0 Å². The van der Waals surface area contributed by atoms with E-state index in [1.54, 1.807) is 14.2 Å².